The summed E-state index contributed by atoms with van der Waals surface area (Å²) in [5.41, 5.74) is 4.66. The maximum absolute atomic E-state index is 9.17. The molecule has 1 aliphatic carbocycles. The van der Waals surface area contributed by atoms with Crippen molar-refractivity contribution < 1.29 is 15.7 Å². The molecular weight excluding hydrogens is 472 g/mol. The summed E-state index contributed by atoms with van der Waals surface area (Å²) < 4.78 is 77.5. The van der Waals surface area contributed by atoms with Crippen molar-refractivity contribution in [3.05, 3.63) is 151 Å². The van der Waals surface area contributed by atoms with Crippen molar-refractivity contribution in [2.24, 2.45) is 0 Å². The number of hydrogen-bond donors (Lipinski definition) is 0. The Kier molecular flexibility index (Phi) is 3.52. The lowest BCUT2D eigenvalue weighted by atomic mass is 9.85. The standard InChI is InChI=1S/C38H26O/c1-2-10-25(11-3-1)26-18-20-27(21-19-26)37-31-13-4-6-15-33(31)38(34-16-7-5-14-32(34)37)28-22-23-30-29-12-8-9-17-35(29)39-36(30)24-28/h1-24,29,35H/i4D,5D,6D,7D,13D,14D,15D,16D. The van der Waals surface area contributed by atoms with E-state index in [9.17, 15) is 0 Å². The minimum absolute atomic E-state index is 0.0355. The number of ether oxygens (including phenoxy) is 1. The minimum atomic E-state index is -0.423. The second-order valence-corrected chi connectivity index (χ2v) is 9.82. The van der Waals surface area contributed by atoms with Crippen molar-refractivity contribution in [2.45, 2.75) is 12.0 Å². The van der Waals surface area contributed by atoms with Crippen LogP contribution in [0.1, 0.15) is 22.4 Å². The SMILES string of the molecule is [2H]c1c([2H])c([2H])c2c(-c3ccc4c(c3)OC3C=CC=CC43)c3c([2H])c([2H])c([2H])c([2H])c3c(-c3ccc(-c4ccccc4)cc3)c2c1[2H]. The van der Waals surface area contributed by atoms with Crippen LogP contribution in [0.2, 0.25) is 0 Å². The van der Waals surface area contributed by atoms with E-state index < -0.39 is 24.2 Å². The van der Waals surface area contributed by atoms with Crippen LogP contribution in [0.4, 0.5) is 0 Å². The Hall–Kier alpha value is -4.88. The van der Waals surface area contributed by atoms with Gasteiger partial charge in [0, 0.05) is 11.5 Å². The van der Waals surface area contributed by atoms with Gasteiger partial charge in [0.25, 0.3) is 0 Å². The first-order valence-corrected chi connectivity index (χ1v) is 12.9. The highest BCUT2D eigenvalue weighted by atomic mass is 16.5. The number of rotatable bonds is 3. The van der Waals surface area contributed by atoms with Gasteiger partial charge < -0.3 is 4.74 Å². The van der Waals surface area contributed by atoms with Gasteiger partial charge in [-0.2, -0.15) is 0 Å². The first-order chi connectivity index (χ1) is 22.7. The van der Waals surface area contributed by atoms with Gasteiger partial charge in [-0.1, -0.05) is 133 Å². The highest BCUT2D eigenvalue weighted by molar-refractivity contribution is 6.21. The maximum Gasteiger partial charge on any atom is 0.128 e. The molecule has 39 heavy (non-hydrogen) atoms. The summed E-state index contributed by atoms with van der Waals surface area (Å²) in [6, 6.07) is 20.1. The van der Waals surface area contributed by atoms with Gasteiger partial charge in [0.05, 0.1) is 11.0 Å². The molecule has 2 atom stereocenters. The number of allylic oxidation sites excluding steroid dienone is 2. The van der Waals surface area contributed by atoms with Gasteiger partial charge in [-0.15, -0.1) is 0 Å². The third-order valence-corrected chi connectivity index (χ3v) is 7.66. The number of benzene rings is 6. The van der Waals surface area contributed by atoms with Crippen molar-refractivity contribution in [2.75, 3.05) is 0 Å². The molecule has 0 spiro atoms. The average molecular weight is 507 g/mol. The topological polar surface area (TPSA) is 9.23 Å². The Morgan fingerprint density at radius 1 is 0.538 bits per heavy atom. The molecule has 0 fully saturated rings. The molecule has 8 rings (SSSR count). The lowest BCUT2D eigenvalue weighted by molar-refractivity contribution is 0.269. The van der Waals surface area contributed by atoms with Crippen molar-refractivity contribution in [1.29, 1.82) is 0 Å². The number of fused-ring (bicyclic) bond motifs is 5. The normalized spacial score (nSPS) is 20.1. The molecule has 0 aromatic heterocycles. The molecule has 1 aliphatic heterocycles. The molecule has 0 N–H and O–H groups in total. The van der Waals surface area contributed by atoms with E-state index in [2.05, 4.69) is 6.08 Å². The van der Waals surface area contributed by atoms with E-state index >= 15 is 0 Å². The van der Waals surface area contributed by atoms with Crippen LogP contribution in [-0.2, 0) is 0 Å². The summed E-state index contributed by atoms with van der Waals surface area (Å²) in [7, 11) is 0. The van der Waals surface area contributed by atoms with Crippen molar-refractivity contribution >= 4 is 21.5 Å². The molecule has 6 aromatic carbocycles. The maximum atomic E-state index is 9.17. The van der Waals surface area contributed by atoms with E-state index in [1.807, 2.05) is 91.0 Å². The molecule has 2 aliphatic rings. The summed E-state index contributed by atoms with van der Waals surface area (Å²) in [5.74, 6) is 0.658. The molecule has 6 aromatic rings. The molecule has 2 unspecified atom stereocenters. The molecule has 1 nitrogen and oxygen atoms in total. The van der Waals surface area contributed by atoms with Crippen LogP contribution in [0.25, 0.3) is 54.9 Å². The summed E-state index contributed by atoms with van der Waals surface area (Å²) in [6.07, 6.45) is 7.81. The highest BCUT2D eigenvalue weighted by Crippen LogP contribution is 2.47. The molecule has 1 heterocycles. The van der Waals surface area contributed by atoms with E-state index in [1.165, 1.54) is 0 Å². The number of hydrogen-bond acceptors (Lipinski definition) is 1. The lowest BCUT2D eigenvalue weighted by Gasteiger charge is -2.18. The predicted octanol–water partition coefficient (Wildman–Crippen LogP) is 9.96. The summed E-state index contributed by atoms with van der Waals surface area (Å²) in [5, 5.41) is 0.755. The van der Waals surface area contributed by atoms with Gasteiger partial charge in [-0.25, -0.2) is 0 Å². The minimum Gasteiger partial charge on any atom is -0.485 e. The summed E-state index contributed by atoms with van der Waals surface area (Å²) in [6.45, 7) is 0. The van der Waals surface area contributed by atoms with Gasteiger partial charge in [0.1, 0.15) is 11.9 Å². The quantitative estimate of drug-likeness (QED) is 0.217. The second kappa shape index (κ2) is 8.85. The zero-order chi connectivity index (χ0) is 32.7. The Morgan fingerprint density at radius 2 is 1.08 bits per heavy atom. The van der Waals surface area contributed by atoms with Gasteiger partial charge >= 0.3 is 0 Å². The summed E-state index contributed by atoms with van der Waals surface area (Å²) in [4.78, 5) is 0. The molecule has 0 radical (unpaired) electrons. The van der Waals surface area contributed by atoms with Gasteiger partial charge in [-0.05, 0) is 67.1 Å². The Labute approximate surface area is 239 Å². The van der Waals surface area contributed by atoms with E-state index in [0.29, 0.717) is 28.0 Å². The van der Waals surface area contributed by atoms with Crippen molar-refractivity contribution in [1.82, 2.24) is 0 Å². The average Bonchev–Trinajstić information content (AvgIpc) is 3.48. The van der Waals surface area contributed by atoms with Crippen LogP contribution in [0, 0.1) is 0 Å². The Balaban J connectivity index is 1.52. The monoisotopic (exact) mass is 506 g/mol. The molecule has 0 bridgehead atoms. The van der Waals surface area contributed by atoms with Crippen LogP contribution in [0.15, 0.2) is 145 Å². The van der Waals surface area contributed by atoms with Crippen molar-refractivity contribution in [3.8, 4) is 39.1 Å². The van der Waals surface area contributed by atoms with Crippen molar-refractivity contribution in [3.63, 3.8) is 0 Å². The predicted molar refractivity (Wildman–Crippen MR) is 163 cm³/mol. The van der Waals surface area contributed by atoms with E-state index in [4.69, 9.17) is 15.7 Å². The smallest absolute Gasteiger partial charge is 0.128 e. The van der Waals surface area contributed by atoms with Gasteiger partial charge in [-0.3, -0.25) is 0 Å². The third-order valence-electron chi connectivity index (χ3n) is 7.66. The van der Waals surface area contributed by atoms with Gasteiger partial charge in [0.15, 0.2) is 0 Å². The van der Waals surface area contributed by atoms with Gasteiger partial charge in [0.2, 0.25) is 0 Å². The first-order valence-electron chi connectivity index (χ1n) is 16.9. The fourth-order valence-corrected chi connectivity index (χ4v) is 5.86. The second-order valence-electron chi connectivity index (χ2n) is 9.82. The molecule has 0 amide bonds. The molecular formula is C38H26O. The fraction of sp³-hybridized carbons (Fsp3) is 0.0526. The highest BCUT2D eigenvalue weighted by Gasteiger charge is 2.32. The van der Waals surface area contributed by atoms with E-state index in [-0.39, 0.29) is 57.7 Å². The van der Waals surface area contributed by atoms with Crippen LogP contribution in [0.5, 0.6) is 5.75 Å². The summed E-state index contributed by atoms with van der Waals surface area (Å²) >= 11 is 0. The Bertz CT molecular complexity index is 2280. The van der Waals surface area contributed by atoms with Crippen LogP contribution in [0.3, 0.4) is 0 Å². The van der Waals surface area contributed by atoms with Crippen LogP contribution < -0.4 is 4.74 Å². The largest absolute Gasteiger partial charge is 0.485 e. The third kappa shape index (κ3) is 3.55. The molecule has 0 saturated heterocycles. The molecule has 0 saturated carbocycles. The van der Waals surface area contributed by atoms with Crippen LogP contribution >= 0.6 is 0 Å². The van der Waals surface area contributed by atoms with E-state index in [1.54, 1.807) is 0 Å². The zero-order valence-corrected chi connectivity index (χ0v) is 20.8. The Morgan fingerprint density at radius 3 is 1.74 bits per heavy atom. The zero-order valence-electron chi connectivity index (χ0n) is 28.8. The fourth-order valence-electron chi connectivity index (χ4n) is 5.86. The molecule has 1 heteroatoms. The first kappa shape index (κ1) is 15.5. The molecule has 184 valence electrons. The van der Waals surface area contributed by atoms with Crippen LogP contribution in [-0.4, -0.2) is 6.10 Å². The lowest BCUT2D eigenvalue weighted by Crippen LogP contribution is -2.15. The van der Waals surface area contributed by atoms with E-state index in [0.717, 1.165) is 16.7 Å².